The quantitative estimate of drug-likeness (QED) is 0.0261. The van der Waals surface area contributed by atoms with Crippen LogP contribution in [0.15, 0.2) is 146 Å². The molecule has 0 fully saturated rings. The first-order valence-corrected chi connectivity index (χ1v) is 31.8. The molecule has 78 heavy (non-hydrogen) atoms. The summed E-state index contributed by atoms with van der Waals surface area (Å²) in [6.07, 6.45) is 92.9. The van der Waals surface area contributed by atoms with Crippen LogP contribution in [0.3, 0.4) is 0 Å². The lowest BCUT2D eigenvalue weighted by atomic mass is 10.1. The van der Waals surface area contributed by atoms with Gasteiger partial charge in [-0.05, 0) is 128 Å². The maximum Gasteiger partial charge on any atom is 0.306 e. The van der Waals surface area contributed by atoms with Crippen LogP contribution in [0.5, 0.6) is 0 Å². The molecule has 0 saturated heterocycles. The minimum absolute atomic E-state index is 0.0920. The highest BCUT2D eigenvalue weighted by atomic mass is 16.6. The SMILES string of the molecule is CC/C=C\C/C=C\C/C=C\C/C=C\C/C=C\C/C=C\C/C=C\C/C=C\C/C=C\C/C=C\CCCCCCC(=O)OCC(COC(=O)CCCCCCCCCC)OC(=O)CCCCCCCCC/C=C\C/C=C\CCCCC. The molecule has 0 radical (unpaired) electrons. The molecule has 0 amide bonds. The van der Waals surface area contributed by atoms with E-state index in [0.717, 1.165) is 148 Å². The number of unbranched alkanes of at least 4 members (excludes halogenated alkanes) is 21. The predicted octanol–water partition coefficient (Wildman–Crippen LogP) is 21.9. The van der Waals surface area contributed by atoms with Crippen LogP contribution in [0.2, 0.25) is 0 Å². The van der Waals surface area contributed by atoms with Crippen molar-refractivity contribution in [3.05, 3.63) is 146 Å². The summed E-state index contributed by atoms with van der Waals surface area (Å²) in [6, 6.07) is 0. The highest BCUT2D eigenvalue weighted by Crippen LogP contribution is 2.14. The van der Waals surface area contributed by atoms with Crippen molar-refractivity contribution in [3.63, 3.8) is 0 Å². The summed E-state index contributed by atoms with van der Waals surface area (Å²) in [5.74, 6) is -0.933. The van der Waals surface area contributed by atoms with Gasteiger partial charge in [0.2, 0.25) is 0 Å². The molecule has 0 bridgehead atoms. The van der Waals surface area contributed by atoms with Crippen LogP contribution in [-0.2, 0) is 28.6 Å². The van der Waals surface area contributed by atoms with Gasteiger partial charge in [-0.25, -0.2) is 0 Å². The highest BCUT2D eigenvalue weighted by Gasteiger charge is 2.19. The molecule has 1 unspecified atom stereocenters. The fourth-order valence-corrected chi connectivity index (χ4v) is 8.32. The van der Waals surface area contributed by atoms with E-state index < -0.39 is 6.10 Å². The second-order valence-corrected chi connectivity index (χ2v) is 20.6. The van der Waals surface area contributed by atoms with Crippen molar-refractivity contribution in [2.24, 2.45) is 0 Å². The van der Waals surface area contributed by atoms with Crippen LogP contribution in [0.4, 0.5) is 0 Å². The first kappa shape index (κ1) is 73.3. The van der Waals surface area contributed by atoms with Gasteiger partial charge in [-0.1, -0.05) is 269 Å². The zero-order valence-electron chi connectivity index (χ0n) is 50.4. The second kappa shape index (κ2) is 64.8. The van der Waals surface area contributed by atoms with E-state index in [-0.39, 0.29) is 31.1 Å². The molecule has 0 N–H and O–H groups in total. The first-order valence-electron chi connectivity index (χ1n) is 31.8. The Labute approximate surface area is 480 Å². The third kappa shape index (κ3) is 62.1. The molecule has 6 heteroatoms. The third-order valence-corrected chi connectivity index (χ3v) is 13.1. The predicted molar refractivity (Wildman–Crippen MR) is 339 cm³/mol. The van der Waals surface area contributed by atoms with Crippen LogP contribution in [0.1, 0.15) is 271 Å². The number of ether oxygens (including phenoxy) is 3. The lowest BCUT2D eigenvalue weighted by Crippen LogP contribution is -2.30. The summed E-state index contributed by atoms with van der Waals surface area (Å²) in [4.78, 5) is 38.1. The second-order valence-electron chi connectivity index (χ2n) is 20.6. The average molecular weight is 1080 g/mol. The molecule has 6 nitrogen and oxygen atoms in total. The molecule has 0 rings (SSSR count). The Hall–Kier alpha value is -4.71. The summed E-state index contributed by atoms with van der Waals surface area (Å²) >= 11 is 0. The molecular formula is C72H116O6. The van der Waals surface area contributed by atoms with Gasteiger partial charge in [0.15, 0.2) is 6.10 Å². The van der Waals surface area contributed by atoms with Gasteiger partial charge in [0.1, 0.15) is 13.2 Å². The van der Waals surface area contributed by atoms with Gasteiger partial charge in [-0.2, -0.15) is 0 Å². The fraction of sp³-hybridized carbons (Fsp3) is 0.625. The molecule has 0 aliphatic carbocycles. The Morgan fingerprint density at radius 1 is 0.269 bits per heavy atom. The molecular weight excluding hydrogens is 961 g/mol. The summed E-state index contributed by atoms with van der Waals surface area (Å²) in [6.45, 7) is 6.44. The van der Waals surface area contributed by atoms with Crippen molar-refractivity contribution in [2.75, 3.05) is 13.2 Å². The van der Waals surface area contributed by atoms with Crippen molar-refractivity contribution in [1.82, 2.24) is 0 Å². The number of hydrogen-bond donors (Lipinski definition) is 0. The molecule has 0 aliphatic heterocycles. The van der Waals surface area contributed by atoms with Crippen LogP contribution < -0.4 is 0 Å². The van der Waals surface area contributed by atoms with Crippen LogP contribution >= 0.6 is 0 Å². The standard InChI is InChI=1S/C72H116O6/c1-4-7-10-13-16-19-21-23-25-27-28-29-30-31-32-33-34-35-36-37-38-39-40-41-42-43-44-46-47-49-51-53-56-59-62-65-71(74)77-68-69(67-76-70(73)64-61-58-55-18-15-12-9-6-3)78-72(75)66-63-60-57-54-52-50-48-45-26-24-22-20-17-14-11-8-5-2/h7,10,16-17,19-20,23-26,28-29,31-32,34-35,37-38,40-41,43-44,47,49,69H,4-6,8-9,11-15,18,21-22,27,30,33,36,39,42,45-46,48,50-68H2,1-3H3/b10-7-,19-16-,20-17-,25-23-,26-24-,29-28-,32-31-,35-34-,38-37-,41-40-,44-43-,49-47-. The number of carbonyl (C=O) groups excluding carboxylic acids is 3. The summed E-state index contributed by atoms with van der Waals surface area (Å²) in [5.41, 5.74) is 0. The number of carbonyl (C=O) groups is 3. The molecule has 0 aliphatic rings. The maximum absolute atomic E-state index is 12.8. The first-order chi connectivity index (χ1) is 38.5. The van der Waals surface area contributed by atoms with Gasteiger partial charge in [0, 0.05) is 19.3 Å². The van der Waals surface area contributed by atoms with Crippen molar-refractivity contribution < 1.29 is 28.6 Å². The van der Waals surface area contributed by atoms with E-state index >= 15 is 0 Å². The largest absolute Gasteiger partial charge is 0.462 e. The third-order valence-electron chi connectivity index (χ3n) is 13.1. The van der Waals surface area contributed by atoms with E-state index in [4.69, 9.17) is 14.2 Å². The Kier molecular flexibility index (Phi) is 60.9. The Morgan fingerprint density at radius 2 is 0.500 bits per heavy atom. The van der Waals surface area contributed by atoms with Crippen molar-refractivity contribution in [2.45, 2.75) is 277 Å². The van der Waals surface area contributed by atoms with Crippen LogP contribution in [0.25, 0.3) is 0 Å². The van der Waals surface area contributed by atoms with E-state index in [0.29, 0.717) is 19.3 Å². The monoisotopic (exact) mass is 1080 g/mol. The molecule has 0 heterocycles. The number of esters is 3. The average Bonchev–Trinajstić information content (AvgIpc) is 3.44. The molecule has 0 aromatic carbocycles. The lowest BCUT2D eigenvalue weighted by Gasteiger charge is -2.18. The Morgan fingerprint density at radius 3 is 0.808 bits per heavy atom. The minimum Gasteiger partial charge on any atom is -0.462 e. The fourth-order valence-electron chi connectivity index (χ4n) is 8.32. The van der Waals surface area contributed by atoms with E-state index in [1.807, 2.05) is 0 Å². The molecule has 0 spiro atoms. The minimum atomic E-state index is -0.795. The van der Waals surface area contributed by atoms with Crippen LogP contribution in [0, 0.1) is 0 Å². The topological polar surface area (TPSA) is 78.9 Å². The lowest BCUT2D eigenvalue weighted by molar-refractivity contribution is -0.167. The van der Waals surface area contributed by atoms with Gasteiger partial charge >= 0.3 is 17.9 Å². The van der Waals surface area contributed by atoms with Gasteiger partial charge in [0.25, 0.3) is 0 Å². The molecule has 1 atom stereocenters. The van der Waals surface area contributed by atoms with E-state index in [9.17, 15) is 14.4 Å². The zero-order valence-corrected chi connectivity index (χ0v) is 50.4. The smallest absolute Gasteiger partial charge is 0.306 e. The molecule has 0 saturated carbocycles. The van der Waals surface area contributed by atoms with Gasteiger partial charge < -0.3 is 14.2 Å². The van der Waals surface area contributed by atoms with Gasteiger partial charge in [0.05, 0.1) is 0 Å². The van der Waals surface area contributed by atoms with Crippen molar-refractivity contribution in [3.8, 4) is 0 Å². The zero-order chi connectivity index (χ0) is 56.4. The number of hydrogen-bond acceptors (Lipinski definition) is 6. The van der Waals surface area contributed by atoms with E-state index in [2.05, 4.69) is 167 Å². The Bertz CT molecular complexity index is 1710. The van der Waals surface area contributed by atoms with Crippen LogP contribution in [-0.4, -0.2) is 37.2 Å². The molecule has 440 valence electrons. The molecule has 0 aromatic rings. The molecule has 0 aromatic heterocycles. The van der Waals surface area contributed by atoms with E-state index in [1.54, 1.807) is 0 Å². The van der Waals surface area contributed by atoms with Crippen molar-refractivity contribution >= 4 is 17.9 Å². The maximum atomic E-state index is 12.8. The summed E-state index contributed by atoms with van der Waals surface area (Å²) in [7, 11) is 0. The normalized spacial score (nSPS) is 13.1. The summed E-state index contributed by atoms with van der Waals surface area (Å²) < 4.78 is 16.8. The van der Waals surface area contributed by atoms with Crippen molar-refractivity contribution in [1.29, 1.82) is 0 Å². The van der Waals surface area contributed by atoms with Gasteiger partial charge in [-0.3, -0.25) is 14.4 Å². The van der Waals surface area contributed by atoms with Gasteiger partial charge in [-0.15, -0.1) is 0 Å². The number of rotatable bonds is 56. The Balaban J connectivity index is 4.24. The van der Waals surface area contributed by atoms with E-state index in [1.165, 1.54) is 83.5 Å². The number of allylic oxidation sites excluding steroid dienone is 24. The highest BCUT2D eigenvalue weighted by molar-refractivity contribution is 5.71. The summed E-state index contributed by atoms with van der Waals surface area (Å²) in [5, 5.41) is 0.